The van der Waals surface area contributed by atoms with Gasteiger partial charge in [0.15, 0.2) is 0 Å². The summed E-state index contributed by atoms with van der Waals surface area (Å²) >= 11 is 0. The molecule has 0 aliphatic carbocycles. The van der Waals surface area contributed by atoms with Gasteiger partial charge in [-0.1, -0.05) is 54.6 Å². The van der Waals surface area contributed by atoms with Crippen molar-refractivity contribution >= 4 is 6.09 Å². The fraction of sp³-hybridized carbons (Fsp3) is 0.235. The first-order valence-electron chi connectivity index (χ1n) is 7.03. The molecule has 0 fully saturated rings. The zero-order valence-electron chi connectivity index (χ0n) is 12.1. The largest absolute Gasteiger partial charge is 0.450 e. The van der Waals surface area contributed by atoms with Crippen molar-refractivity contribution < 1.29 is 9.53 Å². The summed E-state index contributed by atoms with van der Waals surface area (Å²) in [7, 11) is 0. The SMILES string of the molecule is CCOC(=O)NC(CN)c1ccc(-c2ccccc2)cc1. The maximum Gasteiger partial charge on any atom is 0.407 e. The maximum atomic E-state index is 11.5. The van der Waals surface area contributed by atoms with E-state index in [4.69, 9.17) is 10.5 Å². The van der Waals surface area contributed by atoms with Crippen LogP contribution in [0, 0.1) is 0 Å². The van der Waals surface area contributed by atoms with Crippen LogP contribution in [0.4, 0.5) is 4.79 Å². The number of carbonyl (C=O) groups is 1. The fourth-order valence-corrected chi connectivity index (χ4v) is 2.13. The van der Waals surface area contributed by atoms with E-state index in [1.165, 1.54) is 0 Å². The summed E-state index contributed by atoms with van der Waals surface area (Å²) in [6.07, 6.45) is -0.444. The molecule has 0 aliphatic rings. The Balaban J connectivity index is 2.11. The summed E-state index contributed by atoms with van der Waals surface area (Å²) in [6.45, 7) is 2.44. The maximum absolute atomic E-state index is 11.5. The summed E-state index contributed by atoms with van der Waals surface area (Å²) in [6, 6.07) is 17.9. The molecular weight excluding hydrogens is 264 g/mol. The highest BCUT2D eigenvalue weighted by Gasteiger charge is 2.13. The monoisotopic (exact) mass is 284 g/mol. The van der Waals surface area contributed by atoms with Crippen LogP contribution in [0.5, 0.6) is 0 Å². The number of hydrogen-bond donors (Lipinski definition) is 2. The van der Waals surface area contributed by atoms with E-state index in [2.05, 4.69) is 17.4 Å². The summed E-state index contributed by atoms with van der Waals surface area (Å²) < 4.78 is 4.88. The highest BCUT2D eigenvalue weighted by atomic mass is 16.5. The number of nitrogens with two attached hydrogens (primary N) is 1. The number of benzene rings is 2. The Hall–Kier alpha value is -2.33. The lowest BCUT2D eigenvalue weighted by Crippen LogP contribution is -2.33. The van der Waals surface area contributed by atoms with Crippen LogP contribution in [0.3, 0.4) is 0 Å². The first-order chi connectivity index (χ1) is 10.2. The summed E-state index contributed by atoms with van der Waals surface area (Å²) in [5.74, 6) is 0. The van der Waals surface area contributed by atoms with Gasteiger partial charge in [-0.15, -0.1) is 0 Å². The van der Waals surface area contributed by atoms with Crippen LogP contribution in [0.15, 0.2) is 54.6 Å². The third kappa shape index (κ3) is 4.07. The molecule has 0 bridgehead atoms. The van der Waals surface area contributed by atoms with Crippen LogP contribution < -0.4 is 11.1 Å². The molecule has 2 rings (SSSR count). The minimum absolute atomic E-state index is 0.242. The van der Waals surface area contributed by atoms with Crippen LogP contribution >= 0.6 is 0 Å². The van der Waals surface area contributed by atoms with Crippen molar-refractivity contribution in [1.29, 1.82) is 0 Å². The summed E-state index contributed by atoms with van der Waals surface area (Å²) in [4.78, 5) is 11.5. The molecule has 0 saturated carbocycles. The van der Waals surface area contributed by atoms with E-state index in [1.54, 1.807) is 6.92 Å². The molecule has 0 spiro atoms. The minimum Gasteiger partial charge on any atom is -0.450 e. The standard InChI is InChI=1S/C17H20N2O2/c1-2-21-17(20)19-16(12-18)15-10-8-14(9-11-15)13-6-4-3-5-7-13/h3-11,16H,2,12,18H2,1H3,(H,19,20). The lowest BCUT2D eigenvalue weighted by Gasteiger charge is -2.17. The highest BCUT2D eigenvalue weighted by molar-refractivity contribution is 5.68. The number of carbonyl (C=O) groups excluding carboxylic acids is 1. The Labute approximate surface area is 124 Å². The highest BCUT2D eigenvalue weighted by Crippen LogP contribution is 2.21. The molecule has 110 valence electrons. The molecule has 3 N–H and O–H groups in total. The molecule has 0 radical (unpaired) electrons. The molecule has 0 saturated heterocycles. The topological polar surface area (TPSA) is 64.3 Å². The van der Waals surface area contributed by atoms with Crippen molar-refractivity contribution in [2.45, 2.75) is 13.0 Å². The van der Waals surface area contributed by atoms with Crippen LogP contribution in [-0.2, 0) is 4.74 Å². The number of rotatable bonds is 5. The molecule has 1 atom stereocenters. The molecule has 1 unspecified atom stereocenters. The predicted molar refractivity (Wildman–Crippen MR) is 83.8 cm³/mol. The van der Waals surface area contributed by atoms with Gasteiger partial charge in [0.25, 0.3) is 0 Å². The van der Waals surface area contributed by atoms with E-state index in [0.29, 0.717) is 13.2 Å². The van der Waals surface area contributed by atoms with Gasteiger partial charge in [0.05, 0.1) is 12.6 Å². The Morgan fingerprint density at radius 1 is 1.10 bits per heavy atom. The first kappa shape index (κ1) is 15.1. The van der Waals surface area contributed by atoms with Gasteiger partial charge >= 0.3 is 6.09 Å². The van der Waals surface area contributed by atoms with Crippen molar-refractivity contribution in [3.63, 3.8) is 0 Å². The lowest BCUT2D eigenvalue weighted by atomic mass is 10.0. The summed E-state index contributed by atoms with van der Waals surface area (Å²) in [5, 5.41) is 2.76. The number of hydrogen-bond acceptors (Lipinski definition) is 3. The third-order valence-corrected chi connectivity index (χ3v) is 3.22. The van der Waals surface area contributed by atoms with E-state index >= 15 is 0 Å². The Bertz CT molecular complexity index is 567. The second kappa shape index (κ2) is 7.45. The van der Waals surface area contributed by atoms with E-state index in [9.17, 15) is 4.79 Å². The Morgan fingerprint density at radius 3 is 2.29 bits per heavy atom. The third-order valence-electron chi connectivity index (χ3n) is 3.22. The smallest absolute Gasteiger partial charge is 0.407 e. The molecule has 4 nitrogen and oxygen atoms in total. The van der Waals surface area contributed by atoms with Gasteiger partial charge in [-0.25, -0.2) is 4.79 Å². The van der Waals surface area contributed by atoms with Crippen molar-refractivity contribution in [3.05, 3.63) is 60.2 Å². The molecular formula is C17H20N2O2. The predicted octanol–water partition coefficient (Wildman–Crippen LogP) is 3.10. The van der Waals surface area contributed by atoms with Crippen LogP contribution in [-0.4, -0.2) is 19.2 Å². The van der Waals surface area contributed by atoms with Crippen LogP contribution in [0.25, 0.3) is 11.1 Å². The molecule has 4 heteroatoms. The fourth-order valence-electron chi connectivity index (χ4n) is 2.13. The Morgan fingerprint density at radius 2 is 1.71 bits per heavy atom. The van der Waals surface area contributed by atoms with Crippen LogP contribution in [0.2, 0.25) is 0 Å². The number of amides is 1. The van der Waals surface area contributed by atoms with Gasteiger partial charge < -0.3 is 15.8 Å². The average Bonchev–Trinajstić information content (AvgIpc) is 2.54. The van der Waals surface area contributed by atoms with E-state index in [1.807, 2.05) is 42.5 Å². The van der Waals surface area contributed by atoms with Gasteiger partial charge in [0.2, 0.25) is 0 Å². The van der Waals surface area contributed by atoms with Gasteiger partial charge in [-0.3, -0.25) is 0 Å². The molecule has 21 heavy (non-hydrogen) atoms. The van der Waals surface area contributed by atoms with Crippen molar-refractivity contribution in [1.82, 2.24) is 5.32 Å². The normalized spacial score (nSPS) is 11.7. The lowest BCUT2D eigenvalue weighted by molar-refractivity contribution is 0.148. The van der Waals surface area contributed by atoms with E-state index < -0.39 is 6.09 Å². The number of ether oxygens (including phenoxy) is 1. The van der Waals surface area contributed by atoms with Gasteiger partial charge in [0, 0.05) is 6.54 Å². The number of nitrogens with one attached hydrogen (secondary N) is 1. The van der Waals surface area contributed by atoms with Gasteiger partial charge in [0.1, 0.15) is 0 Å². The molecule has 0 aliphatic heterocycles. The van der Waals surface area contributed by atoms with Crippen molar-refractivity contribution in [2.24, 2.45) is 5.73 Å². The molecule has 2 aromatic carbocycles. The second-order valence-electron chi connectivity index (χ2n) is 4.64. The first-order valence-corrected chi connectivity index (χ1v) is 7.03. The summed E-state index contributed by atoms with van der Waals surface area (Å²) in [5.41, 5.74) is 8.98. The minimum atomic E-state index is -0.444. The number of alkyl carbamates (subject to hydrolysis) is 1. The molecule has 0 aromatic heterocycles. The second-order valence-corrected chi connectivity index (χ2v) is 4.64. The Kier molecular flexibility index (Phi) is 5.35. The molecule has 0 heterocycles. The zero-order chi connectivity index (χ0) is 15.1. The van der Waals surface area contributed by atoms with E-state index in [-0.39, 0.29) is 6.04 Å². The molecule has 1 amide bonds. The quantitative estimate of drug-likeness (QED) is 0.886. The average molecular weight is 284 g/mol. The van der Waals surface area contributed by atoms with Gasteiger partial charge in [-0.05, 0) is 23.6 Å². The van der Waals surface area contributed by atoms with Gasteiger partial charge in [-0.2, -0.15) is 0 Å². The zero-order valence-corrected chi connectivity index (χ0v) is 12.1. The van der Waals surface area contributed by atoms with E-state index in [0.717, 1.165) is 16.7 Å². The van der Waals surface area contributed by atoms with Crippen LogP contribution in [0.1, 0.15) is 18.5 Å². The van der Waals surface area contributed by atoms with Crippen molar-refractivity contribution in [3.8, 4) is 11.1 Å². The van der Waals surface area contributed by atoms with Crippen molar-refractivity contribution in [2.75, 3.05) is 13.2 Å². The molecule has 2 aromatic rings.